The number of nitrogens with one attached hydrogen (secondary N) is 2. The standard InChI is InChI=1S/C21H29N3O3.HI/c1-5-13-26-18-10-8-7-9-17(18)14-23-20(22-6-2)24-15-21(4,25)19-12-11-16(3)27-19;/h5,7-12,25H,1,6,13-15H2,2-4H3,(H2,22,23,24);1H. The minimum Gasteiger partial charge on any atom is -0.489 e. The maximum absolute atomic E-state index is 10.7. The first-order valence-corrected chi connectivity index (χ1v) is 9.09. The Kier molecular flexibility index (Phi) is 10.1. The lowest BCUT2D eigenvalue weighted by atomic mass is 10.0. The number of aliphatic hydroxyl groups is 1. The van der Waals surface area contributed by atoms with Gasteiger partial charge in [0.25, 0.3) is 0 Å². The van der Waals surface area contributed by atoms with Crippen LogP contribution < -0.4 is 15.4 Å². The van der Waals surface area contributed by atoms with Crippen molar-refractivity contribution < 1.29 is 14.3 Å². The van der Waals surface area contributed by atoms with Gasteiger partial charge in [0.05, 0.1) is 13.1 Å². The molecule has 28 heavy (non-hydrogen) atoms. The number of hydrogen-bond donors (Lipinski definition) is 3. The van der Waals surface area contributed by atoms with Crippen molar-refractivity contribution in [3.05, 3.63) is 66.1 Å². The fourth-order valence-electron chi connectivity index (χ4n) is 2.50. The Morgan fingerprint density at radius 1 is 1.29 bits per heavy atom. The molecular weight excluding hydrogens is 469 g/mol. The molecule has 1 aromatic carbocycles. The second-order valence-corrected chi connectivity index (χ2v) is 6.44. The molecule has 1 aromatic heterocycles. The monoisotopic (exact) mass is 499 g/mol. The fourth-order valence-corrected chi connectivity index (χ4v) is 2.50. The first-order chi connectivity index (χ1) is 13.0. The third-order valence-corrected chi connectivity index (χ3v) is 3.95. The van der Waals surface area contributed by atoms with Gasteiger partial charge >= 0.3 is 0 Å². The highest BCUT2D eigenvalue weighted by atomic mass is 127. The summed E-state index contributed by atoms with van der Waals surface area (Å²) in [6.07, 6.45) is 1.71. The second kappa shape index (κ2) is 11.8. The molecule has 0 radical (unpaired) electrons. The van der Waals surface area contributed by atoms with Crippen LogP contribution in [0.3, 0.4) is 0 Å². The fraction of sp³-hybridized carbons (Fsp3) is 0.381. The van der Waals surface area contributed by atoms with Crippen LogP contribution in [0.5, 0.6) is 5.75 Å². The highest BCUT2D eigenvalue weighted by Crippen LogP contribution is 2.22. The lowest BCUT2D eigenvalue weighted by molar-refractivity contribution is 0.0378. The SMILES string of the molecule is C=CCOc1ccccc1CN=C(NCC)NCC(C)(O)c1ccc(C)o1.I. The highest BCUT2D eigenvalue weighted by molar-refractivity contribution is 14.0. The van der Waals surface area contributed by atoms with Crippen LogP contribution in [0.2, 0.25) is 0 Å². The van der Waals surface area contributed by atoms with E-state index in [0.29, 0.717) is 31.4 Å². The van der Waals surface area contributed by atoms with Crippen molar-refractivity contribution in [2.45, 2.75) is 32.9 Å². The quantitative estimate of drug-likeness (QED) is 0.212. The summed E-state index contributed by atoms with van der Waals surface area (Å²) >= 11 is 0. The van der Waals surface area contributed by atoms with Crippen molar-refractivity contribution >= 4 is 29.9 Å². The van der Waals surface area contributed by atoms with E-state index in [4.69, 9.17) is 9.15 Å². The molecule has 7 heteroatoms. The van der Waals surface area contributed by atoms with Crippen LogP contribution in [0.15, 0.2) is 58.5 Å². The number of guanidine groups is 1. The summed E-state index contributed by atoms with van der Waals surface area (Å²) in [6.45, 7) is 11.1. The minimum atomic E-state index is -1.14. The first kappa shape index (κ1) is 24.0. The number of furan rings is 1. The van der Waals surface area contributed by atoms with Crippen molar-refractivity contribution in [3.8, 4) is 5.75 Å². The van der Waals surface area contributed by atoms with Gasteiger partial charge in [-0.1, -0.05) is 30.9 Å². The molecule has 0 saturated heterocycles. The van der Waals surface area contributed by atoms with E-state index in [9.17, 15) is 5.11 Å². The third kappa shape index (κ3) is 7.20. The Labute approximate surface area is 184 Å². The number of para-hydroxylation sites is 1. The molecule has 1 unspecified atom stereocenters. The molecule has 0 bridgehead atoms. The largest absolute Gasteiger partial charge is 0.489 e. The van der Waals surface area contributed by atoms with Crippen LogP contribution in [-0.4, -0.2) is 30.8 Å². The van der Waals surface area contributed by atoms with E-state index in [1.807, 2.05) is 44.2 Å². The van der Waals surface area contributed by atoms with E-state index >= 15 is 0 Å². The molecule has 154 valence electrons. The van der Waals surface area contributed by atoms with Gasteiger partial charge in [-0.3, -0.25) is 0 Å². The Hall–Kier alpha value is -2.00. The minimum absolute atomic E-state index is 0. The molecule has 0 aliphatic carbocycles. The smallest absolute Gasteiger partial charge is 0.191 e. The zero-order chi connectivity index (χ0) is 19.7. The summed E-state index contributed by atoms with van der Waals surface area (Å²) in [4.78, 5) is 4.60. The number of benzene rings is 1. The lowest BCUT2D eigenvalue weighted by Crippen LogP contribution is -2.44. The number of hydrogen-bond acceptors (Lipinski definition) is 4. The van der Waals surface area contributed by atoms with Gasteiger partial charge in [0, 0.05) is 12.1 Å². The maximum atomic E-state index is 10.7. The van der Waals surface area contributed by atoms with Crippen molar-refractivity contribution in [2.24, 2.45) is 4.99 Å². The van der Waals surface area contributed by atoms with Crippen molar-refractivity contribution in [2.75, 3.05) is 19.7 Å². The van der Waals surface area contributed by atoms with E-state index in [2.05, 4.69) is 22.2 Å². The van der Waals surface area contributed by atoms with Crippen molar-refractivity contribution in [3.63, 3.8) is 0 Å². The number of aryl methyl sites for hydroxylation is 1. The van der Waals surface area contributed by atoms with Gasteiger partial charge in [-0.05, 0) is 39.0 Å². The average Bonchev–Trinajstić information content (AvgIpc) is 3.10. The summed E-state index contributed by atoms with van der Waals surface area (Å²) in [5, 5.41) is 17.0. The number of nitrogens with zero attached hydrogens (tertiary/aromatic N) is 1. The molecule has 3 N–H and O–H groups in total. The predicted molar refractivity (Wildman–Crippen MR) is 123 cm³/mol. The zero-order valence-corrected chi connectivity index (χ0v) is 19.0. The molecule has 1 atom stereocenters. The van der Waals surface area contributed by atoms with Crippen LogP contribution in [0.25, 0.3) is 0 Å². The Bertz CT molecular complexity index is 772. The molecule has 0 fully saturated rings. The van der Waals surface area contributed by atoms with Crippen LogP contribution in [0.4, 0.5) is 0 Å². The molecule has 0 aliphatic heterocycles. The summed E-state index contributed by atoms with van der Waals surface area (Å²) in [6, 6.07) is 11.4. The predicted octanol–water partition coefficient (Wildman–Crippen LogP) is 3.73. The first-order valence-electron chi connectivity index (χ1n) is 9.09. The van der Waals surface area contributed by atoms with Gasteiger partial charge in [-0.25, -0.2) is 4.99 Å². The molecule has 6 nitrogen and oxygen atoms in total. The Balaban J connectivity index is 0.00000392. The van der Waals surface area contributed by atoms with Gasteiger partial charge in [0.15, 0.2) is 5.96 Å². The highest BCUT2D eigenvalue weighted by Gasteiger charge is 2.27. The number of ether oxygens (including phenoxy) is 1. The lowest BCUT2D eigenvalue weighted by Gasteiger charge is -2.23. The van der Waals surface area contributed by atoms with E-state index in [1.54, 1.807) is 19.1 Å². The molecule has 2 rings (SSSR count). The normalized spacial score (nSPS) is 13.2. The van der Waals surface area contributed by atoms with Gasteiger partial charge in [0.2, 0.25) is 0 Å². The zero-order valence-electron chi connectivity index (χ0n) is 16.7. The molecule has 0 spiro atoms. The summed E-state index contributed by atoms with van der Waals surface area (Å²) in [5.41, 5.74) is -0.167. The Morgan fingerprint density at radius 3 is 2.68 bits per heavy atom. The summed E-state index contributed by atoms with van der Waals surface area (Å²) in [7, 11) is 0. The van der Waals surface area contributed by atoms with Crippen molar-refractivity contribution in [1.82, 2.24) is 10.6 Å². The van der Waals surface area contributed by atoms with Gasteiger partial charge in [-0.15, -0.1) is 24.0 Å². The van der Waals surface area contributed by atoms with Gasteiger partial charge in [-0.2, -0.15) is 0 Å². The van der Waals surface area contributed by atoms with E-state index in [0.717, 1.165) is 17.1 Å². The van der Waals surface area contributed by atoms with Crippen LogP contribution >= 0.6 is 24.0 Å². The third-order valence-electron chi connectivity index (χ3n) is 3.95. The van der Waals surface area contributed by atoms with Crippen LogP contribution in [0, 0.1) is 6.92 Å². The maximum Gasteiger partial charge on any atom is 0.191 e. The molecular formula is C21H30IN3O3. The summed E-state index contributed by atoms with van der Waals surface area (Å²) in [5.74, 6) is 2.68. The Morgan fingerprint density at radius 2 is 2.04 bits per heavy atom. The molecule has 1 heterocycles. The van der Waals surface area contributed by atoms with Gasteiger partial charge in [0.1, 0.15) is 29.5 Å². The molecule has 0 amide bonds. The number of aliphatic imine (C=N–C) groups is 1. The van der Waals surface area contributed by atoms with E-state index < -0.39 is 5.60 Å². The molecule has 0 aliphatic rings. The average molecular weight is 499 g/mol. The van der Waals surface area contributed by atoms with Crippen LogP contribution in [-0.2, 0) is 12.1 Å². The van der Waals surface area contributed by atoms with Gasteiger partial charge < -0.3 is 24.9 Å². The van der Waals surface area contributed by atoms with E-state index in [-0.39, 0.29) is 30.5 Å². The summed E-state index contributed by atoms with van der Waals surface area (Å²) < 4.78 is 11.2. The number of rotatable bonds is 9. The van der Waals surface area contributed by atoms with E-state index in [1.165, 1.54) is 0 Å². The molecule has 0 saturated carbocycles. The second-order valence-electron chi connectivity index (χ2n) is 6.44. The molecule has 2 aromatic rings. The number of halogens is 1. The van der Waals surface area contributed by atoms with Crippen LogP contribution in [0.1, 0.15) is 30.9 Å². The topological polar surface area (TPSA) is 79.0 Å². The van der Waals surface area contributed by atoms with Crippen molar-refractivity contribution in [1.29, 1.82) is 0 Å².